The quantitative estimate of drug-likeness (QED) is 0.837. The van der Waals surface area contributed by atoms with Crippen LogP contribution in [-0.2, 0) is 11.3 Å². The van der Waals surface area contributed by atoms with Gasteiger partial charge < -0.3 is 10.1 Å². The van der Waals surface area contributed by atoms with Gasteiger partial charge in [-0.1, -0.05) is 18.6 Å². The van der Waals surface area contributed by atoms with Gasteiger partial charge in [0.15, 0.2) is 0 Å². The lowest BCUT2D eigenvalue weighted by Crippen LogP contribution is -2.26. The maximum atomic E-state index is 12.2. The van der Waals surface area contributed by atoms with Gasteiger partial charge in [-0.3, -0.25) is 9.69 Å². The number of nitrogens with zero attached hydrogens (tertiary/aromatic N) is 1. The summed E-state index contributed by atoms with van der Waals surface area (Å²) in [5, 5.41) is 3.10. The molecule has 0 aromatic heterocycles. The third kappa shape index (κ3) is 3.59. The molecule has 0 radical (unpaired) electrons. The largest absolute Gasteiger partial charge is 0.492 e. The van der Waals surface area contributed by atoms with Crippen LogP contribution in [0, 0.1) is 17.8 Å². The predicted molar refractivity (Wildman–Crippen MR) is 93.8 cm³/mol. The summed E-state index contributed by atoms with van der Waals surface area (Å²) in [5.41, 5.74) is 1.14. The SMILES string of the molecule is O=C(NCc1ccc(OCCN2CCCC2)cc1)C1[C@H]2CCC[C@@H]12. The average Bonchev–Trinajstić information content (AvgIpc) is 3.01. The van der Waals surface area contributed by atoms with Gasteiger partial charge in [0, 0.05) is 19.0 Å². The summed E-state index contributed by atoms with van der Waals surface area (Å²) in [6.07, 6.45) is 6.47. The Morgan fingerprint density at radius 1 is 1.08 bits per heavy atom. The van der Waals surface area contributed by atoms with E-state index < -0.39 is 0 Å². The first-order valence-electron chi connectivity index (χ1n) is 9.53. The molecule has 2 saturated carbocycles. The lowest BCUT2D eigenvalue weighted by Gasteiger charge is -2.15. The molecule has 0 spiro atoms. The third-order valence-electron chi connectivity index (χ3n) is 5.97. The van der Waals surface area contributed by atoms with Crippen molar-refractivity contribution in [2.45, 2.75) is 38.6 Å². The topological polar surface area (TPSA) is 41.6 Å². The van der Waals surface area contributed by atoms with Gasteiger partial charge >= 0.3 is 0 Å². The molecule has 4 heteroatoms. The highest BCUT2D eigenvalue weighted by Gasteiger charge is 2.56. The molecule has 2 aliphatic carbocycles. The van der Waals surface area contributed by atoms with Crippen molar-refractivity contribution in [3.8, 4) is 5.75 Å². The summed E-state index contributed by atoms with van der Waals surface area (Å²) in [7, 11) is 0. The first-order chi connectivity index (χ1) is 11.8. The number of carbonyl (C=O) groups is 1. The van der Waals surface area contributed by atoms with Crippen LogP contribution in [0.3, 0.4) is 0 Å². The predicted octanol–water partition coefficient (Wildman–Crippen LogP) is 2.82. The van der Waals surface area contributed by atoms with E-state index >= 15 is 0 Å². The van der Waals surface area contributed by atoms with Gasteiger partial charge in [-0.25, -0.2) is 0 Å². The lowest BCUT2D eigenvalue weighted by atomic mass is 10.1. The Labute approximate surface area is 144 Å². The standard InChI is InChI=1S/C20H28N2O2/c23-20(19-17-4-3-5-18(17)19)21-14-15-6-8-16(9-7-15)24-13-12-22-10-1-2-11-22/h6-9,17-19H,1-5,10-14H2,(H,21,23)/t17-,18+,19?. The van der Waals surface area contributed by atoms with Crippen molar-refractivity contribution in [3.63, 3.8) is 0 Å². The fraction of sp³-hybridized carbons (Fsp3) is 0.650. The highest BCUT2D eigenvalue weighted by molar-refractivity contribution is 5.82. The summed E-state index contributed by atoms with van der Waals surface area (Å²) in [6.45, 7) is 4.82. The van der Waals surface area contributed by atoms with Crippen LogP contribution in [0.4, 0.5) is 0 Å². The van der Waals surface area contributed by atoms with Crippen LogP contribution in [0.15, 0.2) is 24.3 Å². The molecule has 1 aromatic carbocycles. The number of carbonyl (C=O) groups excluding carboxylic acids is 1. The second kappa shape index (κ2) is 7.14. The van der Waals surface area contributed by atoms with E-state index in [0.717, 1.165) is 24.5 Å². The van der Waals surface area contributed by atoms with Crippen molar-refractivity contribution in [1.29, 1.82) is 0 Å². The first-order valence-corrected chi connectivity index (χ1v) is 9.53. The van der Waals surface area contributed by atoms with Crippen molar-refractivity contribution in [2.24, 2.45) is 17.8 Å². The Hall–Kier alpha value is -1.55. The summed E-state index contributed by atoms with van der Waals surface area (Å²) in [5.74, 6) is 2.87. The summed E-state index contributed by atoms with van der Waals surface area (Å²) >= 11 is 0. The molecule has 4 rings (SSSR count). The number of benzene rings is 1. The Bertz CT molecular complexity index is 556. The van der Waals surface area contributed by atoms with E-state index in [0.29, 0.717) is 24.3 Å². The first kappa shape index (κ1) is 15.9. The van der Waals surface area contributed by atoms with Crippen molar-refractivity contribution in [1.82, 2.24) is 10.2 Å². The molecule has 4 nitrogen and oxygen atoms in total. The minimum Gasteiger partial charge on any atom is -0.492 e. The van der Waals surface area contributed by atoms with Crippen LogP contribution in [0.5, 0.6) is 5.75 Å². The molecule has 1 amide bonds. The second-order valence-electron chi connectivity index (χ2n) is 7.54. The molecule has 24 heavy (non-hydrogen) atoms. The van der Waals surface area contributed by atoms with E-state index in [1.807, 2.05) is 12.1 Å². The van der Waals surface area contributed by atoms with Gasteiger partial charge in [-0.15, -0.1) is 0 Å². The molecule has 1 saturated heterocycles. The Morgan fingerprint density at radius 2 is 1.79 bits per heavy atom. The van der Waals surface area contributed by atoms with Gasteiger partial charge in [-0.05, 0) is 68.3 Å². The van der Waals surface area contributed by atoms with Crippen LogP contribution in [-0.4, -0.2) is 37.0 Å². The maximum absolute atomic E-state index is 12.2. The fourth-order valence-electron chi connectivity index (χ4n) is 4.52. The molecule has 1 N–H and O–H groups in total. The number of hydrogen-bond acceptors (Lipinski definition) is 3. The number of fused-ring (bicyclic) bond motifs is 1. The summed E-state index contributed by atoms with van der Waals surface area (Å²) in [4.78, 5) is 14.6. The molecule has 130 valence electrons. The van der Waals surface area contributed by atoms with Gasteiger partial charge in [0.1, 0.15) is 12.4 Å². The van der Waals surface area contributed by atoms with Crippen LogP contribution in [0.1, 0.15) is 37.7 Å². The Kier molecular flexibility index (Phi) is 4.74. The van der Waals surface area contributed by atoms with Crippen molar-refractivity contribution < 1.29 is 9.53 Å². The Morgan fingerprint density at radius 3 is 2.50 bits per heavy atom. The molecule has 1 aliphatic heterocycles. The average molecular weight is 328 g/mol. The molecule has 3 atom stereocenters. The van der Waals surface area contributed by atoms with E-state index in [9.17, 15) is 4.79 Å². The minimum atomic E-state index is 0.260. The van der Waals surface area contributed by atoms with Crippen LogP contribution in [0.2, 0.25) is 0 Å². The number of ether oxygens (including phenoxy) is 1. The van der Waals surface area contributed by atoms with Crippen molar-refractivity contribution in [2.75, 3.05) is 26.2 Å². The fourth-order valence-corrected chi connectivity index (χ4v) is 4.52. The highest BCUT2D eigenvalue weighted by Crippen LogP contribution is 2.57. The maximum Gasteiger partial charge on any atom is 0.223 e. The van der Waals surface area contributed by atoms with E-state index in [-0.39, 0.29) is 5.91 Å². The van der Waals surface area contributed by atoms with Crippen LogP contribution in [0.25, 0.3) is 0 Å². The number of nitrogens with one attached hydrogen (secondary N) is 1. The number of amides is 1. The summed E-state index contributed by atoms with van der Waals surface area (Å²) in [6, 6.07) is 8.13. The molecular formula is C20H28N2O2. The molecule has 1 heterocycles. The number of rotatable bonds is 7. The molecule has 3 aliphatic rings. The lowest BCUT2D eigenvalue weighted by molar-refractivity contribution is -0.123. The smallest absolute Gasteiger partial charge is 0.223 e. The summed E-state index contributed by atoms with van der Waals surface area (Å²) < 4.78 is 5.82. The van der Waals surface area contributed by atoms with Crippen LogP contribution < -0.4 is 10.1 Å². The minimum absolute atomic E-state index is 0.260. The monoisotopic (exact) mass is 328 g/mol. The Balaban J connectivity index is 1.17. The number of hydrogen-bond donors (Lipinski definition) is 1. The zero-order valence-electron chi connectivity index (χ0n) is 14.4. The third-order valence-corrected chi connectivity index (χ3v) is 5.97. The van der Waals surface area contributed by atoms with Gasteiger partial charge in [0.05, 0.1) is 0 Å². The van der Waals surface area contributed by atoms with Crippen molar-refractivity contribution >= 4 is 5.91 Å². The second-order valence-corrected chi connectivity index (χ2v) is 7.54. The van der Waals surface area contributed by atoms with Gasteiger partial charge in [0.2, 0.25) is 5.91 Å². The number of likely N-dealkylation sites (tertiary alicyclic amines) is 1. The molecule has 0 bridgehead atoms. The molecular weight excluding hydrogens is 300 g/mol. The molecule has 1 aromatic rings. The highest BCUT2D eigenvalue weighted by atomic mass is 16.5. The van der Waals surface area contributed by atoms with E-state index in [4.69, 9.17) is 4.74 Å². The zero-order valence-corrected chi connectivity index (χ0v) is 14.4. The van der Waals surface area contributed by atoms with Crippen LogP contribution >= 0.6 is 0 Å². The molecule has 1 unspecified atom stereocenters. The van der Waals surface area contributed by atoms with E-state index in [1.54, 1.807) is 0 Å². The normalized spacial score (nSPS) is 28.6. The van der Waals surface area contributed by atoms with Crippen molar-refractivity contribution in [3.05, 3.63) is 29.8 Å². The molecule has 3 fully saturated rings. The van der Waals surface area contributed by atoms with E-state index in [1.165, 1.54) is 45.2 Å². The van der Waals surface area contributed by atoms with E-state index in [2.05, 4.69) is 22.3 Å². The zero-order chi connectivity index (χ0) is 16.4. The van der Waals surface area contributed by atoms with Gasteiger partial charge in [-0.2, -0.15) is 0 Å². The van der Waals surface area contributed by atoms with Gasteiger partial charge in [0.25, 0.3) is 0 Å².